The van der Waals surface area contributed by atoms with E-state index in [4.69, 9.17) is 14.2 Å². The van der Waals surface area contributed by atoms with E-state index < -0.39 is 0 Å². The molecule has 0 amide bonds. The van der Waals surface area contributed by atoms with E-state index >= 15 is 0 Å². The third kappa shape index (κ3) is 3.98. The molecule has 0 spiro atoms. The molecule has 0 saturated carbocycles. The van der Waals surface area contributed by atoms with E-state index in [1.165, 1.54) is 0 Å². The number of carbonyl (C=O) groups excluding carboxylic acids is 1. The van der Waals surface area contributed by atoms with Gasteiger partial charge in [-0.3, -0.25) is 4.79 Å². The fourth-order valence-corrected chi connectivity index (χ4v) is 2.42. The van der Waals surface area contributed by atoms with Crippen LogP contribution in [-0.2, 0) is 0 Å². The molecule has 0 aromatic heterocycles. The van der Waals surface area contributed by atoms with E-state index in [0.717, 1.165) is 24.5 Å². The number of carbonyl (C=O) groups is 1. The Hall–Kier alpha value is -2.69. The standard InChI is InChI=1S/C19H21NO4/c1-2-11-22-16-6-4-15(5-7-16)20-10-9-17(21)14-3-8-18-19(12-14)24-13-23-18/h3-8,12,20H,2,9-11,13H2,1H3. The highest BCUT2D eigenvalue weighted by Gasteiger charge is 2.15. The third-order valence-electron chi connectivity index (χ3n) is 3.70. The Kier molecular flexibility index (Phi) is 5.21. The molecule has 0 bridgehead atoms. The molecule has 5 heteroatoms. The summed E-state index contributed by atoms with van der Waals surface area (Å²) in [6.45, 7) is 3.58. The van der Waals surface area contributed by atoms with Crippen molar-refractivity contribution < 1.29 is 19.0 Å². The summed E-state index contributed by atoms with van der Waals surface area (Å²) in [6, 6.07) is 13.1. The summed E-state index contributed by atoms with van der Waals surface area (Å²) >= 11 is 0. The quantitative estimate of drug-likeness (QED) is 0.746. The summed E-state index contributed by atoms with van der Waals surface area (Å²) in [5.74, 6) is 2.26. The average molecular weight is 327 g/mol. The van der Waals surface area contributed by atoms with Crippen molar-refractivity contribution in [3.8, 4) is 17.2 Å². The Morgan fingerprint density at radius 1 is 1.12 bits per heavy atom. The lowest BCUT2D eigenvalue weighted by Gasteiger charge is -2.08. The molecule has 2 aromatic carbocycles. The van der Waals surface area contributed by atoms with Crippen LogP contribution in [-0.4, -0.2) is 25.7 Å². The van der Waals surface area contributed by atoms with Gasteiger partial charge in [-0.15, -0.1) is 0 Å². The molecule has 0 radical (unpaired) electrons. The van der Waals surface area contributed by atoms with Crippen LogP contribution in [0, 0.1) is 0 Å². The predicted molar refractivity (Wildman–Crippen MR) is 92.2 cm³/mol. The molecule has 1 aliphatic heterocycles. The van der Waals surface area contributed by atoms with Crippen molar-refractivity contribution in [2.75, 3.05) is 25.3 Å². The number of nitrogens with one attached hydrogen (secondary N) is 1. The van der Waals surface area contributed by atoms with Gasteiger partial charge in [0, 0.05) is 24.2 Å². The van der Waals surface area contributed by atoms with Crippen LogP contribution in [0.25, 0.3) is 0 Å². The molecular weight excluding hydrogens is 306 g/mol. The number of hydrogen-bond donors (Lipinski definition) is 1. The highest BCUT2D eigenvalue weighted by atomic mass is 16.7. The molecule has 5 nitrogen and oxygen atoms in total. The normalized spacial score (nSPS) is 12.0. The Morgan fingerprint density at radius 2 is 1.92 bits per heavy atom. The van der Waals surface area contributed by atoms with Crippen LogP contribution in [0.15, 0.2) is 42.5 Å². The molecule has 2 aromatic rings. The zero-order valence-electron chi connectivity index (χ0n) is 13.7. The zero-order chi connectivity index (χ0) is 16.8. The van der Waals surface area contributed by atoms with Crippen molar-refractivity contribution in [3.63, 3.8) is 0 Å². The second-order valence-corrected chi connectivity index (χ2v) is 5.54. The van der Waals surface area contributed by atoms with Gasteiger partial charge in [-0.25, -0.2) is 0 Å². The molecule has 0 saturated heterocycles. The van der Waals surface area contributed by atoms with Crippen LogP contribution >= 0.6 is 0 Å². The predicted octanol–water partition coefficient (Wildman–Crippen LogP) is 3.89. The minimum atomic E-state index is 0.0729. The van der Waals surface area contributed by atoms with Crippen LogP contribution in [0.2, 0.25) is 0 Å². The van der Waals surface area contributed by atoms with Crippen LogP contribution < -0.4 is 19.5 Å². The van der Waals surface area contributed by atoms with E-state index in [1.807, 2.05) is 24.3 Å². The number of benzene rings is 2. The summed E-state index contributed by atoms with van der Waals surface area (Å²) in [6.07, 6.45) is 1.40. The number of anilines is 1. The van der Waals surface area contributed by atoms with Crippen molar-refractivity contribution >= 4 is 11.5 Å². The molecule has 126 valence electrons. The van der Waals surface area contributed by atoms with Crippen LogP contribution in [0.5, 0.6) is 17.2 Å². The highest BCUT2D eigenvalue weighted by molar-refractivity contribution is 5.97. The maximum atomic E-state index is 12.3. The summed E-state index contributed by atoms with van der Waals surface area (Å²) < 4.78 is 16.1. The van der Waals surface area contributed by atoms with E-state index in [0.29, 0.717) is 30.0 Å². The van der Waals surface area contributed by atoms with Crippen molar-refractivity contribution in [1.82, 2.24) is 0 Å². The molecule has 24 heavy (non-hydrogen) atoms. The molecule has 1 aliphatic rings. The maximum Gasteiger partial charge on any atom is 0.231 e. The largest absolute Gasteiger partial charge is 0.494 e. The Bertz CT molecular complexity index is 697. The number of ketones is 1. The monoisotopic (exact) mass is 327 g/mol. The first kappa shape index (κ1) is 16.2. The number of Topliss-reactive ketones (excluding diaryl/α,β-unsaturated/α-hetero) is 1. The third-order valence-corrected chi connectivity index (χ3v) is 3.70. The van der Waals surface area contributed by atoms with Gasteiger partial charge in [-0.2, -0.15) is 0 Å². The van der Waals surface area contributed by atoms with Gasteiger partial charge in [0.15, 0.2) is 17.3 Å². The van der Waals surface area contributed by atoms with Crippen LogP contribution in [0.1, 0.15) is 30.1 Å². The first-order chi connectivity index (χ1) is 11.8. The van der Waals surface area contributed by atoms with Crippen LogP contribution in [0.3, 0.4) is 0 Å². The first-order valence-electron chi connectivity index (χ1n) is 8.16. The van der Waals surface area contributed by atoms with Gasteiger partial charge in [0.1, 0.15) is 5.75 Å². The smallest absolute Gasteiger partial charge is 0.231 e. The Labute approximate surface area is 141 Å². The van der Waals surface area contributed by atoms with E-state index in [-0.39, 0.29) is 12.6 Å². The SMILES string of the molecule is CCCOc1ccc(NCCC(=O)c2ccc3c(c2)OCO3)cc1. The lowest BCUT2D eigenvalue weighted by molar-refractivity contribution is 0.0986. The van der Waals surface area contributed by atoms with Gasteiger partial charge >= 0.3 is 0 Å². The van der Waals surface area contributed by atoms with Gasteiger partial charge < -0.3 is 19.5 Å². The fourth-order valence-electron chi connectivity index (χ4n) is 2.42. The Balaban J connectivity index is 1.48. The van der Waals surface area contributed by atoms with Crippen LogP contribution in [0.4, 0.5) is 5.69 Å². The number of rotatable bonds is 8. The van der Waals surface area contributed by atoms with Crippen molar-refractivity contribution in [3.05, 3.63) is 48.0 Å². The number of ether oxygens (including phenoxy) is 3. The fraction of sp³-hybridized carbons (Fsp3) is 0.316. The van der Waals surface area contributed by atoms with Crippen molar-refractivity contribution in [2.24, 2.45) is 0 Å². The van der Waals surface area contributed by atoms with Gasteiger partial charge in [-0.1, -0.05) is 6.92 Å². The molecule has 0 atom stereocenters. The lowest BCUT2D eigenvalue weighted by Crippen LogP contribution is -2.09. The van der Waals surface area contributed by atoms with Gasteiger partial charge in [-0.05, 0) is 48.9 Å². The molecular formula is C19H21NO4. The first-order valence-corrected chi connectivity index (χ1v) is 8.16. The van der Waals surface area contributed by atoms with Gasteiger partial charge in [0.25, 0.3) is 0 Å². The van der Waals surface area contributed by atoms with E-state index in [1.54, 1.807) is 18.2 Å². The summed E-state index contributed by atoms with van der Waals surface area (Å²) in [4.78, 5) is 12.3. The number of hydrogen-bond acceptors (Lipinski definition) is 5. The second kappa shape index (κ2) is 7.73. The molecule has 0 aliphatic carbocycles. The number of fused-ring (bicyclic) bond motifs is 1. The molecule has 0 fully saturated rings. The maximum absolute atomic E-state index is 12.3. The summed E-state index contributed by atoms with van der Waals surface area (Å²) in [5, 5.41) is 3.25. The van der Waals surface area contributed by atoms with Gasteiger partial charge in [0.2, 0.25) is 6.79 Å². The topological polar surface area (TPSA) is 56.8 Å². The minimum absolute atomic E-state index is 0.0729. The van der Waals surface area contributed by atoms with Crippen molar-refractivity contribution in [1.29, 1.82) is 0 Å². The highest BCUT2D eigenvalue weighted by Crippen LogP contribution is 2.32. The molecule has 0 unspecified atom stereocenters. The molecule has 3 rings (SSSR count). The summed E-state index contributed by atoms with van der Waals surface area (Å²) in [7, 11) is 0. The second-order valence-electron chi connectivity index (χ2n) is 5.54. The van der Waals surface area contributed by atoms with Crippen molar-refractivity contribution in [2.45, 2.75) is 19.8 Å². The minimum Gasteiger partial charge on any atom is -0.494 e. The Morgan fingerprint density at radius 3 is 2.71 bits per heavy atom. The molecule has 1 N–H and O–H groups in total. The van der Waals surface area contributed by atoms with Gasteiger partial charge in [0.05, 0.1) is 6.61 Å². The zero-order valence-corrected chi connectivity index (χ0v) is 13.7. The van der Waals surface area contributed by atoms with E-state index in [9.17, 15) is 4.79 Å². The average Bonchev–Trinajstić information content (AvgIpc) is 3.08. The lowest BCUT2D eigenvalue weighted by atomic mass is 10.1. The van der Waals surface area contributed by atoms with E-state index in [2.05, 4.69) is 12.2 Å². The molecule has 1 heterocycles. The summed E-state index contributed by atoms with van der Waals surface area (Å²) in [5.41, 5.74) is 1.61.